The number of nitrogens with one attached hydrogen (secondary N) is 1. The molecule has 0 saturated carbocycles. The van der Waals surface area contributed by atoms with Gasteiger partial charge in [0.05, 0.1) is 13.2 Å². The van der Waals surface area contributed by atoms with E-state index in [0.29, 0.717) is 19.1 Å². The van der Waals surface area contributed by atoms with E-state index in [1.165, 1.54) is 11.1 Å². The van der Waals surface area contributed by atoms with Crippen molar-refractivity contribution in [2.24, 2.45) is 0 Å². The highest BCUT2D eigenvalue weighted by Gasteiger charge is 2.26. The van der Waals surface area contributed by atoms with Crippen LogP contribution in [0.2, 0.25) is 0 Å². The Balaban J connectivity index is 0.00000176. The summed E-state index contributed by atoms with van der Waals surface area (Å²) >= 11 is 0. The fourth-order valence-electron chi connectivity index (χ4n) is 3.32. The third kappa shape index (κ3) is 4.00. The highest BCUT2D eigenvalue weighted by molar-refractivity contribution is 5.85. The van der Waals surface area contributed by atoms with Gasteiger partial charge in [-0.3, -0.25) is 4.79 Å². The van der Waals surface area contributed by atoms with Crippen LogP contribution in [0.3, 0.4) is 0 Å². The predicted molar refractivity (Wildman–Crippen MR) is 89.5 cm³/mol. The molecule has 1 fully saturated rings. The molecule has 1 aliphatic carbocycles. The van der Waals surface area contributed by atoms with Gasteiger partial charge in [0.15, 0.2) is 0 Å². The molecule has 3 rings (SSSR count). The topological polar surface area (TPSA) is 41.6 Å². The first kappa shape index (κ1) is 17.3. The number of nitrogens with zero attached hydrogens (tertiary/aromatic N) is 1. The molecule has 4 nitrogen and oxygen atoms in total. The number of hydrogen-bond donors (Lipinski definition) is 1. The number of fused-ring (bicyclic) bond motifs is 1. The molecule has 1 aromatic carbocycles. The Bertz CT molecular complexity index is 503. The standard InChI is InChI=1S/C17H24N2O2.ClH/c1-19(17(20)11-15-12-21-9-8-18-15)16-7-6-13-4-2-3-5-14(13)10-16;/h2-5,15-16,18H,6-12H2,1H3;1H. The van der Waals surface area contributed by atoms with Gasteiger partial charge in [-0.05, 0) is 30.4 Å². The smallest absolute Gasteiger partial charge is 0.224 e. The molecule has 1 N–H and O–H groups in total. The quantitative estimate of drug-likeness (QED) is 0.922. The number of morpholine rings is 1. The molecule has 0 radical (unpaired) electrons. The Labute approximate surface area is 138 Å². The normalized spacial score (nSPS) is 24.0. The van der Waals surface area contributed by atoms with Crippen LogP contribution in [0.25, 0.3) is 0 Å². The molecule has 0 aromatic heterocycles. The van der Waals surface area contributed by atoms with Gasteiger partial charge in [0, 0.05) is 32.1 Å². The van der Waals surface area contributed by atoms with Crippen molar-refractivity contribution in [1.82, 2.24) is 10.2 Å². The first-order valence-electron chi connectivity index (χ1n) is 7.87. The van der Waals surface area contributed by atoms with Crippen LogP contribution in [0.5, 0.6) is 0 Å². The Morgan fingerprint density at radius 3 is 2.86 bits per heavy atom. The van der Waals surface area contributed by atoms with Gasteiger partial charge in [0.1, 0.15) is 0 Å². The molecule has 0 bridgehead atoms. The number of ether oxygens (including phenoxy) is 1. The number of rotatable bonds is 3. The number of amides is 1. The molecule has 1 saturated heterocycles. The van der Waals surface area contributed by atoms with E-state index in [9.17, 15) is 4.79 Å². The van der Waals surface area contributed by atoms with E-state index in [-0.39, 0.29) is 24.4 Å². The van der Waals surface area contributed by atoms with Gasteiger partial charge in [0.25, 0.3) is 0 Å². The van der Waals surface area contributed by atoms with E-state index in [1.54, 1.807) is 0 Å². The minimum Gasteiger partial charge on any atom is -0.378 e. The van der Waals surface area contributed by atoms with Crippen molar-refractivity contribution in [3.05, 3.63) is 35.4 Å². The SMILES string of the molecule is CN(C(=O)CC1COCCN1)C1CCc2ccccc2C1.Cl. The van der Waals surface area contributed by atoms with Crippen molar-refractivity contribution in [1.29, 1.82) is 0 Å². The average Bonchev–Trinajstić information content (AvgIpc) is 2.54. The number of halogens is 1. The molecular formula is C17H25ClN2O2. The first-order valence-corrected chi connectivity index (χ1v) is 7.87. The third-order valence-corrected chi connectivity index (χ3v) is 4.68. The van der Waals surface area contributed by atoms with E-state index < -0.39 is 0 Å². The number of benzene rings is 1. The van der Waals surface area contributed by atoms with Crippen molar-refractivity contribution in [3.63, 3.8) is 0 Å². The van der Waals surface area contributed by atoms with E-state index in [0.717, 1.165) is 32.4 Å². The molecule has 2 atom stereocenters. The van der Waals surface area contributed by atoms with Gasteiger partial charge in [-0.15, -0.1) is 12.4 Å². The van der Waals surface area contributed by atoms with Crippen LogP contribution in [-0.2, 0) is 22.4 Å². The molecular weight excluding hydrogens is 300 g/mol. The summed E-state index contributed by atoms with van der Waals surface area (Å²) < 4.78 is 5.42. The van der Waals surface area contributed by atoms with Crippen molar-refractivity contribution in [2.45, 2.75) is 37.8 Å². The predicted octanol–water partition coefficient (Wildman–Crippen LogP) is 1.80. The highest BCUT2D eigenvalue weighted by atomic mass is 35.5. The Morgan fingerprint density at radius 1 is 1.36 bits per heavy atom. The summed E-state index contributed by atoms with van der Waals surface area (Å²) in [6, 6.07) is 9.09. The second-order valence-electron chi connectivity index (χ2n) is 6.10. The minimum absolute atomic E-state index is 0. The Morgan fingerprint density at radius 2 is 2.14 bits per heavy atom. The molecule has 22 heavy (non-hydrogen) atoms. The Hall–Kier alpha value is -1.10. The summed E-state index contributed by atoms with van der Waals surface area (Å²) in [6.07, 6.45) is 3.65. The lowest BCUT2D eigenvalue weighted by molar-refractivity contribution is -0.133. The summed E-state index contributed by atoms with van der Waals surface area (Å²) in [6.45, 7) is 2.24. The maximum Gasteiger partial charge on any atom is 0.224 e. The van der Waals surface area contributed by atoms with Crippen LogP contribution >= 0.6 is 12.4 Å². The summed E-state index contributed by atoms with van der Waals surface area (Å²) in [4.78, 5) is 14.4. The van der Waals surface area contributed by atoms with Crippen molar-refractivity contribution in [2.75, 3.05) is 26.8 Å². The minimum atomic E-state index is 0. The zero-order chi connectivity index (χ0) is 14.7. The van der Waals surface area contributed by atoms with Crippen LogP contribution in [0.4, 0.5) is 0 Å². The largest absolute Gasteiger partial charge is 0.378 e. The number of carbonyl (C=O) groups excluding carboxylic acids is 1. The highest BCUT2D eigenvalue weighted by Crippen LogP contribution is 2.24. The van der Waals surface area contributed by atoms with Crippen LogP contribution in [0.15, 0.2) is 24.3 Å². The zero-order valence-electron chi connectivity index (χ0n) is 13.1. The van der Waals surface area contributed by atoms with Crippen molar-refractivity contribution < 1.29 is 9.53 Å². The van der Waals surface area contributed by atoms with Gasteiger partial charge in [-0.1, -0.05) is 24.3 Å². The van der Waals surface area contributed by atoms with Crippen LogP contribution < -0.4 is 5.32 Å². The second-order valence-corrected chi connectivity index (χ2v) is 6.10. The monoisotopic (exact) mass is 324 g/mol. The number of hydrogen-bond acceptors (Lipinski definition) is 3. The fraction of sp³-hybridized carbons (Fsp3) is 0.588. The number of likely N-dealkylation sites (N-methyl/N-ethyl adjacent to an activating group) is 1. The lowest BCUT2D eigenvalue weighted by Gasteiger charge is -2.34. The summed E-state index contributed by atoms with van der Waals surface area (Å²) in [5, 5.41) is 3.35. The van der Waals surface area contributed by atoms with E-state index in [4.69, 9.17) is 4.74 Å². The molecule has 1 amide bonds. The summed E-state index contributed by atoms with van der Waals surface area (Å²) in [7, 11) is 1.95. The summed E-state index contributed by atoms with van der Waals surface area (Å²) in [5.41, 5.74) is 2.84. The molecule has 1 heterocycles. The fourth-order valence-corrected chi connectivity index (χ4v) is 3.32. The third-order valence-electron chi connectivity index (χ3n) is 4.68. The first-order chi connectivity index (χ1) is 10.2. The van der Waals surface area contributed by atoms with Gasteiger partial charge in [-0.2, -0.15) is 0 Å². The Kier molecular flexibility index (Phi) is 6.24. The lowest BCUT2D eigenvalue weighted by Crippen LogP contribution is -2.47. The molecule has 1 aliphatic heterocycles. The van der Waals surface area contributed by atoms with Crippen molar-refractivity contribution >= 4 is 18.3 Å². The van der Waals surface area contributed by atoms with Gasteiger partial charge >= 0.3 is 0 Å². The van der Waals surface area contributed by atoms with Gasteiger partial charge in [0.2, 0.25) is 5.91 Å². The van der Waals surface area contributed by atoms with Gasteiger partial charge in [-0.25, -0.2) is 0 Å². The average molecular weight is 325 g/mol. The number of carbonyl (C=O) groups is 1. The maximum atomic E-state index is 12.5. The van der Waals surface area contributed by atoms with Crippen molar-refractivity contribution in [3.8, 4) is 0 Å². The zero-order valence-corrected chi connectivity index (χ0v) is 13.9. The van der Waals surface area contributed by atoms with E-state index >= 15 is 0 Å². The van der Waals surface area contributed by atoms with E-state index in [2.05, 4.69) is 29.6 Å². The van der Waals surface area contributed by atoms with Crippen LogP contribution in [0, 0.1) is 0 Å². The maximum absolute atomic E-state index is 12.5. The molecule has 0 spiro atoms. The lowest BCUT2D eigenvalue weighted by atomic mass is 9.87. The van der Waals surface area contributed by atoms with Crippen LogP contribution in [0.1, 0.15) is 24.0 Å². The molecule has 122 valence electrons. The van der Waals surface area contributed by atoms with Gasteiger partial charge < -0.3 is 15.0 Å². The molecule has 2 unspecified atom stereocenters. The molecule has 1 aromatic rings. The number of aryl methyl sites for hydroxylation is 1. The second kappa shape index (κ2) is 7.95. The molecule has 2 aliphatic rings. The molecule has 5 heteroatoms. The summed E-state index contributed by atoms with van der Waals surface area (Å²) in [5.74, 6) is 0.224. The van der Waals surface area contributed by atoms with E-state index in [1.807, 2.05) is 11.9 Å². The van der Waals surface area contributed by atoms with Crippen LogP contribution in [-0.4, -0.2) is 49.7 Å².